The van der Waals surface area contributed by atoms with Crippen molar-refractivity contribution in [3.63, 3.8) is 0 Å². The molecule has 0 bridgehead atoms. The summed E-state index contributed by atoms with van der Waals surface area (Å²) in [5.41, 5.74) is 0. The molecule has 0 saturated heterocycles. The van der Waals surface area contributed by atoms with E-state index in [0.29, 0.717) is 18.3 Å². The van der Waals surface area contributed by atoms with Gasteiger partial charge in [0.15, 0.2) is 0 Å². The molecular formula is C14H21NO5S. The Balaban J connectivity index is 2.90. The zero-order valence-corrected chi connectivity index (χ0v) is 13.3. The van der Waals surface area contributed by atoms with Gasteiger partial charge in [0.25, 0.3) is 0 Å². The minimum absolute atomic E-state index is 0.0579. The molecule has 1 aromatic rings. The molecule has 0 spiro atoms. The third-order valence-corrected chi connectivity index (χ3v) is 4.64. The summed E-state index contributed by atoms with van der Waals surface area (Å²) in [5, 5.41) is 8.77. The zero-order valence-electron chi connectivity index (χ0n) is 12.4. The fourth-order valence-electron chi connectivity index (χ4n) is 1.64. The molecule has 0 aliphatic heterocycles. The highest BCUT2D eigenvalue weighted by molar-refractivity contribution is 7.89. The Bertz CT molecular complexity index is 566. The van der Waals surface area contributed by atoms with Gasteiger partial charge in [-0.05, 0) is 30.2 Å². The van der Waals surface area contributed by atoms with E-state index >= 15 is 0 Å². The van der Waals surface area contributed by atoms with Gasteiger partial charge in [0.05, 0.1) is 11.5 Å². The number of hydrogen-bond acceptors (Lipinski definition) is 4. The van der Waals surface area contributed by atoms with Gasteiger partial charge in [-0.1, -0.05) is 20.8 Å². The Hall–Kier alpha value is -1.60. The topological polar surface area (TPSA) is 83.9 Å². The molecule has 118 valence electrons. The second-order valence-electron chi connectivity index (χ2n) is 5.00. The van der Waals surface area contributed by atoms with Gasteiger partial charge in [-0.25, -0.2) is 8.42 Å². The van der Waals surface area contributed by atoms with E-state index in [-0.39, 0.29) is 11.4 Å². The first-order valence-electron chi connectivity index (χ1n) is 6.72. The summed E-state index contributed by atoms with van der Waals surface area (Å²) >= 11 is 0. The summed E-state index contributed by atoms with van der Waals surface area (Å²) in [4.78, 5) is 10.8. The van der Waals surface area contributed by atoms with Crippen molar-refractivity contribution in [3.8, 4) is 5.75 Å². The van der Waals surface area contributed by atoms with Crippen molar-refractivity contribution in [2.75, 3.05) is 19.7 Å². The van der Waals surface area contributed by atoms with E-state index in [4.69, 9.17) is 9.84 Å². The molecule has 0 atom stereocenters. The van der Waals surface area contributed by atoms with E-state index < -0.39 is 22.5 Å². The molecule has 0 amide bonds. The molecule has 21 heavy (non-hydrogen) atoms. The van der Waals surface area contributed by atoms with Gasteiger partial charge < -0.3 is 9.84 Å². The maximum absolute atomic E-state index is 12.3. The van der Waals surface area contributed by atoms with Crippen LogP contribution in [0.25, 0.3) is 0 Å². The van der Waals surface area contributed by atoms with E-state index in [1.54, 1.807) is 19.1 Å². The highest BCUT2D eigenvalue weighted by Gasteiger charge is 2.24. The molecule has 7 heteroatoms. The van der Waals surface area contributed by atoms with Crippen LogP contribution < -0.4 is 4.74 Å². The van der Waals surface area contributed by atoms with E-state index in [1.165, 1.54) is 12.1 Å². The van der Waals surface area contributed by atoms with Crippen molar-refractivity contribution in [1.82, 2.24) is 4.31 Å². The number of carboxylic acid groups (broad SMARTS) is 1. The number of carbonyl (C=O) groups is 1. The fourth-order valence-corrected chi connectivity index (χ4v) is 3.04. The molecule has 0 heterocycles. The van der Waals surface area contributed by atoms with Crippen LogP contribution in [0.3, 0.4) is 0 Å². The van der Waals surface area contributed by atoms with Crippen molar-refractivity contribution in [2.24, 2.45) is 5.92 Å². The number of hydrogen-bond donors (Lipinski definition) is 1. The first-order chi connectivity index (χ1) is 9.77. The summed E-state index contributed by atoms with van der Waals surface area (Å²) in [6.07, 6.45) is 0. The Labute approximate surface area is 125 Å². The number of ether oxygens (including phenoxy) is 1. The molecule has 0 aromatic heterocycles. The summed E-state index contributed by atoms with van der Waals surface area (Å²) in [6, 6.07) is 6.00. The zero-order chi connectivity index (χ0) is 16.0. The number of sulfonamides is 1. The largest absolute Gasteiger partial charge is 0.493 e. The van der Waals surface area contributed by atoms with Crippen LogP contribution in [-0.2, 0) is 14.8 Å². The molecule has 6 nitrogen and oxygen atoms in total. The Morgan fingerprint density at radius 2 is 1.86 bits per heavy atom. The minimum atomic E-state index is -3.80. The van der Waals surface area contributed by atoms with Crippen LogP contribution >= 0.6 is 0 Å². The van der Waals surface area contributed by atoms with Crippen molar-refractivity contribution in [2.45, 2.75) is 25.7 Å². The van der Waals surface area contributed by atoms with E-state index in [0.717, 1.165) is 4.31 Å². The highest BCUT2D eigenvalue weighted by Crippen LogP contribution is 2.19. The molecule has 0 fully saturated rings. The SMILES string of the molecule is CCN(CC(=O)O)S(=O)(=O)c1ccc(OCC(C)C)cc1. The molecule has 1 rings (SSSR count). The second kappa shape index (κ2) is 7.42. The predicted octanol–water partition coefficient (Wildman–Crippen LogP) is 1.82. The first-order valence-corrected chi connectivity index (χ1v) is 8.16. The third-order valence-electron chi connectivity index (χ3n) is 2.71. The van der Waals surface area contributed by atoms with Gasteiger partial charge in [-0.3, -0.25) is 4.79 Å². The normalized spacial score (nSPS) is 11.9. The smallest absolute Gasteiger partial charge is 0.318 e. The molecule has 0 aliphatic rings. The quantitative estimate of drug-likeness (QED) is 0.791. The van der Waals surface area contributed by atoms with Crippen molar-refractivity contribution >= 4 is 16.0 Å². The average molecular weight is 315 g/mol. The molecule has 0 radical (unpaired) electrons. The summed E-state index contributed by atoms with van der Waals surface area (Å²) < 4.78 is 31.0. The number of rotatable bonds is 8. The summed E-state index contributed by atoms with van der Waals surface area (Å²) in [7, 11) is -3.80. The van der Waals surface area contributed by atoms with Gasteiger partial charge in [0.2, 0.25) is 10.0 Å². The number of likely N-dealkylation sites (N-methyl/N-ethyl adjacent to an activating group) is 1. The lowest BCUT2D eigenvalue weighted by molar-refractivity contribution is -0.137. The summed E-state index contributed by atoms with van der Waals surface area (Å²) in [6.45, 7) is 5.73. The van der Waals surface area contributed by atoms with Gasteiger partial charge >= 0.3 is 5.97 Å². The molecule has 0 saturated carbocycles. The van der Waals surface area contributed by atoms with Crippen molar-refractivity contribution in [1.29, 1.82) is 0 Å². The van der Waals surface area contributed by atoms with Crippen LogP contribution in [0, 0.1) is 5.92 Å². The molecular weight excluding hydrogens is 294 g/mol. The lowest BCUT2D eigenvalue weighted by Crippen LogP contribution is -2.35. The molecule has 0 aliphatic carbocycles. The predicted molar refractivity (Wildman–Crippen MR) is 78.8 cm³/mol. The lowest BCUT2D eigenvalue weighted by atomic mass is 10.2. The molecule has 0 unspecified atom stereocenters. The van der Waals surface area contributed by atoms with E-state index in [1.807, 2.05) is 13.8 Å². The fraction of sp³-hybridized carbons (Fsp3) is 0.500. The Morgan fingerprint density at radius 1 is 1.29 bits per heavy atom. The number of aliphatic carboxylic acids is 1. The van der Waals surface area contributed by atoms with Crippen LogP contribution in [0.2, 0.25) is 0 Å². The number of nitrogens with zero attached hydrogens (tertiary/aromatic N) is 1. The monoisotopic (exact) mass is 315 g/mol. The van der Waals surface area contributed by atoms with Gasteiger partial charge in [-0.15, -0.1) is 0 Å². The maximum Gasteiger partial charge on any atom is 0.318 e. The number of benzene rings is 1. The van der Waals surface area contributed by atoms with Gasteiger partial charge in [0.1, 0.15) is 12.3 Å². The van der Waals surface area contributed by atoms with Crippen LogP contribution in [0.1, 0.15) is 20.8 Å². The standard InChI is InChI=1S/C14H21NO5S/c1-4-15(9-14(16)17)21(18,19)13-7-5-12(6-8-13)20-10-11(2)3/h5-8,11H,4,9-10H2,1-3H3,(H,16,17). The van der Waals surface area contributed by atoms with Crippen LogP contribution in [0.4, 0.5) is 0 Å². The van der Waals surface area contributed by atoms with Crippen molar-refractivity contribution < 1.29 is 23.1 Å². The van der Waals surface area contributed by atoms with E-state index in [2.05, 4.69) is 0 Å². The molecule has 1 aromatic carbocycles. The third kappa shape index (κ3) is 5.02. The highest BCUT2D eigenvalue weighted by atomic mass is 32.2. The van der Waals surface area contributed by atoms with Gasteiger partial charge in [0, 0.05) is 6.54 Å². The van der Waals surface area contributed by atoms with Crippen LogP contribution in [-0.4, -0.2) is 43.5 Å². The van der Waals surface area contributed by atoms with Crippen LogP contribution in [0.15, 0.2) is 29.2 Å². The second-order valence-corrected chi connectivity index (χ2v) is 6.94. The Kier molecular flexibility index (Phi) is 6.17. The first kappa shape index (κ1) is 17.5. The minimum Gasteiger partial charge on any atom is -0.493 e. The lowest BCUT2D eigenvalue weighted by Gasteiger charge is -2.18. The van der Waals surface area contributed by atoms with Crippen LogP contribution in [0.5, 0.6) is 5.75 Å². The summed E-state index contributed by atoms with van der Waals surface area (Å²) in [5.74, 6) is -0.221. The Morgan fingerprint density at radius 3 is 2.29 bits per heavy atom. The number of carboxylic acids is 1. The molecule has 1 N–H and O–H groups in total. The van der Waals surface area contributed by atoms with Gasteiger partial charge in [-0.2, -0.15) is 4.31 Å². The average Bonchev–Trinajstić information content (AvgIpc) is 2.42. The van der Waals surface area contributed by atoms with E-state index in [9.17, 15) is 13.2 Å². The maximum atomic E-state index is 12.3. The van der Waals surface area contributed by atoms with Crippen molar-refractivity contribution in [3.05, 3.63) is 24.3 Å².